The number of aromatic nitrogens is 3. The number of piperidine rings is 1. The fraction of sp³-hybridized carbons (Fsp3) is 0.435. The van der Waals surface area contributed by atoms with Crippen LogP contribution in [0.15, 0.2) is 42.9 Å². The van der Waals surface area contributed by atoms with E-state index in [-0.39, 0.29) is 18.6 Å². The number of carbonyl (C=O) groups is 1. The van der Waals surface area contributed by atoms with Crippen molar-refractivity contribution in [2.24, 2.45) is 0 Å². The quantitative estimate of drug-likeness (QED) is 0.669. The first-order chi connectivity index (χ1) is 15.0. The molecular formula is C23H27N5O3. The largest absolute Gasteiger partial charge is 0.389 e. The van der Waals surface area contributed by atoms with E-state index < -0.39 is 11.6 Å². The maximum Gasteiger partial charge on any atom is 0.274 e. The van der Waals surface area contributed by atoms with Gasteiger partial charge in [-0.3, -0.25) is 9.20 Å². The van der Waals surface area contributed by atoms with E-state index in [0.717, 1.165) is 18.5 Å². The van der Waals surface area contributed by atoms with Crippen LogP contribution in [-0.4, -0.2) is 62.1 Å². The molecule has 5 rings (SSSR count). The van der Waals surface area contributed by atoms with E-state index in [1.807, 2.05) is 25.3 Å². The molecule has 1 spiro atoms. The summed E-state index contributed by atoms with van der Waals surface area (Å²) in [7, 11) is 1.64. The van der Waals surface area contributed by atoms with Crippen molar-refractivity contribution in [3.63, 3.8) is 0 Å². The van der Waals surface area contributed by atoms with Crippen molar-refractivity contribution in [1.82, 2.24) is 24.6 Å². The van der Waals surface area contributed by atoms with Crippen molar-refractivity contribution in [2.45, 2.75) is 44.1 Å². The van der Waals surface area contributed by atoms with Crippen molar-refractivity contribution in [3.8, 4) is 0 Å². The number of aliphatic hydroxyl groups is 1. The van der Waals surface area contributed by atoms with E-state index in [1.165, 1.54) is 11.1 Å². The number of hydrogen-bond donors (Lipinski definition) is 2. The Morgan fingerprint density at radius 2 is 2.13 bits per heavy atom. The highest BCUT2D eigenvalue weighted by Crippen LogP contribution is 2.32. The molecule has 0 bridgehead atoms. The van der Waals surface area contributed by atoms with Gasteiger partial charge in [-0.15, -0.1) is 0 Å². The van der Waals surface area contributed by atoms with E-state index in [9.17, 15) is 9.90 Å². The van der Waals surface area contributed by atoms with Crippen LogP contribution in [0.25, 0.3) is 5.78 Å². The molecule has 31 heavy (non-hydrogen) atoms. The second-order valence-electron chi connectivity index (χ2n) is 8.57. The smallest absolute Gasteiger partial charge is 0.274 e. The fourth-order valence-electron chi connectivity index (χ4n) is 4.66. The van der Waals surface area contributed by atoms with E-state index in [0.29, 0.717) is 24.4 Å². The number of hydrogen-bond acceptors (Lipinski definition) is 6. The molecule has 1 amide bonds. The first kappa shape index (κ1) is 20.1. The van der Waals surface area contributed by atoms with Gasteiger partial charge in [-0.25, -0.2) is 9.97 Å². The van der Waals surface area contributed by atoms with Gasteiger partial charge in [0, 0.05) is 50.9 Å². The number of aliphatic hydroxyl groups excluding tert-OH is 1. The lowest BCUT2D eigenvalue weighted by molar-refractivity contribution is -0.0140. The number of nitrogens with one attached hydrogen (secondary N) is 1. The number of carbonyl (C=O) groups excluding carboxylic acids is 1. The summed E-state index contributed by atoms with van der Waals surface area (Å²) >= 11 is 0. The van der Waals surface area contributed by atoms with Crippen LogP contribution < -0.4 is 5.32 Å². The van der Waals surface area contributed by atoms with Crippen molar-refractivity contribution < 1.29 is 14.6 Å². The van der Waals surface area contributed by atoms with E-state index in [2.05, 4.69) is 27.4 Å². The molecule has 2 N–H and O–H groups in total. The number of methoxy groups -OCH3 is 1. The van der Waals surface area contributed by atoms with Crippen LogP contribution in [0.3, 0.4) is 0 Å². The SMILES string of the molecule is COC(C)c1cnc2nc(C(=O)N3CC[C@]4(Cc5ccccc5CN4)[C@H](O)C3)cn2c1. The molecule has 0 aliphatic carbocycles. The normalized spacial score (nSPS) is 24.4. The Bertz CT molecular complexity index is 1130. The third-order valence-electron chi connectivity index (χ3n) is 6.77. The monoisotopic (exact) mass is 421 g/mol. The van der Waals surface area contributed by atoms with Gasteiger partial charge in [-0.05, 0) is 30.9 Å². The van der Waals surface area contributed by atoms with Crippen LogP contribution >= 0.6 is 0 Å². The Kier molecular flexibility index (Phi) is 5.00. The Morgan fingerprint density at radius 1 is 1.32 bits per heavy atom. The molecular weight excluding hydrogens is 394 g/mol. The summed E-state index contributed by atoms with van der Waals surface area (Å²) in [5.74, 6) is 0.284. The Balaban J connectivity index is 1.33. The Labute approximate surface area is 180 Å². The highest BCUT2D eigenvalue weighted by atomic mass is 16.5. The van der Waals surface area contributed by atoms with E-state index in [1.54, 1.807) is 28.8 Å². The van der Waals surface area contributed by atoms with Crippen molar-refractivity contribution in [3.05, 3.63) is 65.2 Å². The highest BCUT2D eigenvalue weighted by Gasteiger charge is 2.45. The van der Waals surface area contributed by atoms with Gasteiger partial charge in [0.25, 0.3) is 5.91 Å². The molecule has 8 nitrogen and oxygen atoms in total. The maximum absolute atomic E-state index is 13.1. The number of benzene rings is 1. The number of amides is 1. The Morgan fingerprint density at radius 3 is 2.90 bits per heavy atom. The number of nitrogens with zero attached hydrogens (tertiary/aromatic N) is 4. The first-order valence-electron chi connectivity index (χ1n) is 10.7. The molecule has 2 aliphatic heterocycles. The fourth-order valence-corrected chi connectivity index (χ4v) is 4.66. The predicted octanol–water partition coefficient (Wildman–Crippen LogP) is 1.73. The van der Waals surface area contributed by atoms with Gasteiger partial charge in [0.2, 0.25) is 5.78 Å². The average Bonchev–Trinajstić information content (AvgIpc) is 3.23. The molecule has 4 heterocycles. The summed E-state index contributed by atoms with van der Waals surface area (Å²) < 4.78 is 7.09. The minimum absolute atomic E-state index is 0.0972. The molecule has 162 valence electrons. The van der Waals surface area contributed by atoms with Crippen LogP contribution in [0, 0.1) is 0 Å². The number of likely N-dealkylation sites (tertiary alicyclic amines) is 1. The third-order valence-corrected chi connectivity index (χ3v) is 6.77. The van der Waals surface area contributed by atoms with Crippen LogP contribution in [-0.2, 0) is 17.7 Å². The molecule has 1 fully saturated rings. The lowest BCUT2D eigenvalue weighted by Gasteiger charge is -2.48. The zero-order valence-corrected chi connectivity index (χ0v) is 17.8. The van der Waals surface area contributed by atoms with Gasteiger partial charge >= 0.3 is 0 Å². The van der Waals surface area contributed by atoms with Gasteiger partial charge in [0.05, 0.1) is 17.7 Å². The predicted molar refractivity (Wildman–Crippen MR) is 115 cm³/mol. The van der Waals surface area contributed by atoms with Gasteiger partial charge in [-0.2, -0.15) is 0 Å². The Hall–Kier alpha value is -2.81. The van der Waals surface area contributed by atoms with E-state index in [4.69, 9.17) is 4.74 Å². The number of fused-ring (bicyclic) bond motifs is 2. The summed E-state index contributed by atoms with van der Waals surface area (Å²) in [6, 6.07) is 8.33. The number of β-amino-alcohol motifs (C(OH)–C–C–N with tert-alkyl or cyclic N) is 1. The molecule has 1 unspecified atom stereocenters. The highest BCUT2D eigenvalue weighted by molar-refractivity contribution is 5.93. The second-order valence-corrected chi connectivity index (χ2v) is 8.57. The molecule has 3 aromatic rings. The first-order valence-corrected chi connectivity index (χ1v) is 10.7. The average molecular weight is 422 g/mol. The molecule has 0 radical (unpaired) electrons. The minimum atomic E-state index is -0.650. The van der Waals surface area contributed by atoms with Crippen molar-refractivity contribution >= 4 is 11.7 Å². The van der Waals surface area contributed by atoms with Crippen molar-refractivity contribution in [1.29, 1.82) is 0 Å². The van der Waals surface area contributed by atoms with Gasteiger partial charge in [-0.1, -0.05) is 24.3 Å². The molecule has 0 saturated carbocycles. The van der Waals surface area contributed by atoms with Gasteiger partial charge < -0.3 is 20.1 Å². The lowest BCUT2D eigenvalue weighted by atomic mass is 9.76. The summed E-state index contributed by atoms with van der Waals surface area (Å²) in [5.41, 5.74) is 3.40. The standard InChI is InChI=1S/C23H27N5O3/c1-15(31-2)18-10-24-22-26-19(13-28(22)12-18)21(30)27-8-7-23(20(29)14-27)9-16-5-3-4-6-17(16)11-25-23/h3-6,10,12-13,15,20,25,29H,7-9,11,14H2,1-2H3/t15?,20-,23+/m1/s1. The van der Waals surface area contributed by atoms with Gasteiger partial charge in [0.15, 0.2) is 0 Å². The molecule has 8 heteroatoms. The summed E-state index contributed by atoms with van der Waals surface area (Å²) in [4.78, 5) is 23.6. The van der Waals surface area contributed by atoms with Gasteiger partial charge in [0.1, 0.15) is 5.69 Å². The zero-order valence-electron chi connectivity index (χ0n) is 17.8. The number of imidazole rings is 1. The van der Waals surface area contributed by atoms with Crippen molar-refractivity contribution in [2.75, 3.05) is 20.2 Å². The summed E-state index contributed by atoms with van der Waals surface area (Å²) in [6.07, 6.45) is 6.00. The number of rotatable bonds is 3. The molecule has 3 atom stereocenters. The summed E-state index contributed by atoms with van der Waals surface area (Å²) in [5, 5.41) is 14.6. The van der Waals surface area contributed by atoms with Crippen LogP contribution in [0.5, 0.6) is 0 Å². The van der Waals surface area contributed by atoms with Crippen LogP contribution in [0.4, 0.5) is 0 Å². The van der Waals surface area contributed by atoms with Crippen LogP contribution in [0.2, 0.25) is 0 Å². The maximum atomic E-state index is 13.1. The van der Waals surface area contributed by atoms with E-state index >= 15 is 0 Å². The minimum Gasteiger partial charge on any atom is -0.389 e. The summed E-state index contributed by atoms with van der Waals surface area (Å²) in [6.45, 7) is 3.52. The third kappa shape index (κ3) is 3.50. The lowest BCUT2D eigenvalue weighted by Crippen LogP contribution is -2.65. The second kappa shape index (κ2) is 7.71. The molecule has 1 saturated heterocycles. The molecule has 1 aromatic carbocycles. The molecule has 2 aromatic heterocycles. The molecule has 2 aliphatic rings. The number of ether oxygens (including phenoxy) is 1. The van der Waals surface area contributed by atoms with Crippen LogP contribution in [0.1, 0.15) is 46.6 Å². The zero-order chi connectivity index (χ0) is 21.6. The topological polar surface area (TPSA) is 92.0 Å².